The van der Waals surface area contributed by atoms with Crippen molar-refractivity contribution < 1.29 is 18.4 Å². The molecule has 1 saturated heterocycles. The van der Waals surface area contributed by atoms with Gasteiger partial charge in [-0.25, -0.2) is 8.78 Å². The van der Waals surface area contributed by atoms with Crippen molar-refractivity contribution in [2.24, 2.45) is 0 Å². The fraction of sp³-hybridized carbons (Fsp3) is 0.273. The molecular weight excluding hydrogens is 216 g/mol. The molecule has 0 saturated carbocycles. The van der Waals surface area contributed by atoms with Crippen LogP contribution in [0.4, 0.5) is 14.5 Å². The van der Waals surface area contributed by atoms with Crippen LogP contribution < -0.4 is 4.90 Å². The molecule has 0 bridgehead atoms. The zero-order valence-corrected chi connectivity index (χ0v) is 8.37. The lowest BCUT2D eigenvalue weighted by Gasteiger charge is -2.26. The predicted octanol–water partition coefficient (Wildman–Crippen LogP) is 1.66. The Kier molecular flexibility index (Phi) is 2.68. The molecule has 1 amide bonds. The summed E-state index contributed by atoms with van der Waals surface area (Å²) in [7, 11) is 0. The molecule has 1 fully saturated rings. The Labute approximate surface area is 90.7 Å². The second kappa shape index (κ2) is 4.00. The van der Waals surface area contributed by atoms with Crippen LogP contribution >= 0.6 is 0 Å². The highest BCUT2D eigenvalue weighted by molar-refractivity contribution is 6.08. The van der Waals surface area contributed by atoms with Crippen LogP contribution in [0.25, 0.3) is 0 Å². The van der Waals surface area contributed by atoms with Gasteiger partial charge in [-0.1, -0.05) is 0 Å². The minimum Gasteiger partial charge on any atom is -0.311 e. The summed E-state index contributed by atoms with van der Waals surface area (Å²) in [6, 6.07) is 2.90. The molecule has 84 valence electrons. The molecule has 3 nitrogen and oxygen atoms in total. The molecule has 0 unspecified atom stereocenters. The summed E-state index contributed by atoms with van der Waals surface area (Å²) >= 11 is 0. The van der Waals surface area contributed by atoms with Crippen LogP contribution in [-0.2, 0) is 9.59 Å². The van der Waals surface area contributed by atoms with Crippen LogP contribution in [0.5, 0.6) is 0 Å². The van der Waals surface area contributed by atoms with Crippen LogP contribution in [0.15, 0.2) is 18.2 Å². The largest absolute Gasteiger partial charge is 0.311 e. The van der Waals surface area contributed by atoms with E-state index in [1.807, 2.05) is 0 Å². The third-order valence-corrected chi connectivity index (χ3v) is 2.42. The quantitative estimate of drug-likeness (QED) is 0.681. The number of amides is 1. The number of hydrogen-bond acceptors (Lipinski definition) is 2. The van der Waals surface area contributed by atoms with Crippen LogP contribution in [0.1, 0.15) is 12.8 Å². The lowest BCUT2D eigenvalue weighted by atomic mass is 10.1. The van der Waals surface area contributed by atoms with Gasteiger partial charge in [0.15, 0.2) is 0 Å². The predicted molar refractivity (Wildman–Crippen MR) is 53.0 cm³/mol. The van der Waals surface area contributed by atoms with Gasteiger partial charge in [0.1, 0.15) is 17.4 Å². The highest BCUT2D eigenvalue weighted by Gasteiger charge is 2.25. The van der Waals surface area contributed by atoms with Gasteiger partial charge in [0.25, 0.3) is 0 Å². The van der Waals surface area contributed by atoms with E-state index in [9.17, 15) is 18.4 Å². The molecule has 16 heavy (non-hydrogen) atoms. The summed E-state index contributed by atoms with van der Waals surface area (Å²) in [5, 5.41) is 0. The first-order valence-corrected chi connectivity index (χ1v) is 4.84. The number of carbonyl (C=O) groups excluding carboxylic acids is 2. The Balaban J connectivity index is 2.30. The number of Topliss-reactive ketones (excluding diaryl/α,β-unsaturated/α-hetero) is 1. The van der Waals surface area contributed by atoms with Crippen molar-refractivity contribution in [1.82, 2.24) is 0 Å². The minimum absolute atomic E-state index is 0.141. The van der Waals surface area contributed by atoms with Crippen molar-refractivity contribution in [3.8, 4) is 0 Å². The highest BCUT2D eigenvalue weighted by Crippen LogP contribution is 2.21. The second-order valence-corrected chi connectivity index (χ2v) is 3.64. The molecule has 1 aliphatic rings. The Morgan fingerprint density at radius 3 is 2.25 bits per heavy atom. The molecule has 1 aliphatic heterocycles. The highest BCUT2D eigenvalue weighted by atomic mass is 19.1. The summed E-state index contributed by atoms with van der Waals surface area (Å²) in [5.41, 5.74) is 0.162. The van der Waals surface area contributed by atoms with E-state index in [-0.39, 0.29) is 30.9 Å². The van der Waals surface area contributed by atoms with Crippen molar-refractivity contribution in [2.75, 3.05) is 11.4 Å². The Morgan fingerprint density at radius 2 is 1.69 bits per heavy atom. The number of anilines is 1. The van der Waals surface area contributed by atoms with E-state index in [0.717, 1.165) is 18.2 Å². The first-order valence-electron chi connectivity index (χ1n) is 4.84. The van der Waals surface area contributed by atoms with Crippen molar-refractivity contribution in [1.29, 1.82) is 0 Å². The second-order valence-electron chi connectivity index (χ2n) is 3.64. The number of rotatable bonds is 1. The summed E-state index contributed by atoms with van der Waals surface area (Å²) < 4.78 is 25.9. The number of piperidine rings is 1. The molecule has 0 aliphatic carbocycles. The van der Waals surface area contributed by atoms with Crippen LogP contribution in [0, 0.1) is 11.6 Å². The number of benzene rings is 1. The van der Waals surface area contributed by atoms with E-state index in [4.69, 9.17) is 0 Å². The average Bonchev–Trinajstić information content (AvgIpc) is 2.15. The van der Waals surface area contributed by atoms with Crippen LogP contribution in [0.2, 0.25) is 0 Å². The number of nitrogens with zero attached hydrogens (tertiary/aromatic N) is 1. The van der Waals surface area contributed by atoms with Gasteiger partial charge in [0, 0.05) is 24.7 Å². The van der Waals surface area contributed by atoms with Gasteiger partial charge in [0.2, 0.25) is 5.91 Å². The molecule has 1 aromatic rings. The molecule has 2 rings (SSSR count). The molecular formula is C11H9F2NO2. The third-order valence-electron chi connectivity index (χ3n) is 2.42. The van der Waals surface area contributed by atoms with Gasteiger partial charge in [-0.3, -0.25) is 9.59 Å². The lowest BCUT2D eigenvalue weighted by molar-refractivity contribution is -0.128. The fourth-order valence-corrected chi connectivity index (χ4v) is 1.68. The number of hydrogen-bond donors (Lipinski definition) is 0. The Bertz CT molecular complexity index is 439. The summed E-state index contributed by atoms with van der Waals surface area (Å²) in [4.78, 5) is 23.7. The van der Waals surface area contributed by atoms with E-state index in [0.29, 0.717) is 0 Å². The van der Waals surface area contributed by atoms with E-state index in [1.54, 1.807) is 0 Å². The SMILES string of the molecule is O=C1CCN(c2cc(F)cc(F)c2)C(=O)C1. The van der Waals surface area contributed by atoms with Crippen molar-refractivity contribution in [3.63, 3.8) is 0 Å². The van der Waals surface area contributed by atoms with Gasteiger partial charge >= 0.3 is 0 Å². The number of ketones is 1. The van der Waals surface area contributed by atoms with Gasteiger partial charge in [-0.15, -0.1) is 0 Å². The standard InChI is InChI=1S/C11H9F2NO2/c12-7-3-8(13)5-9(4-7)14-2-1-10(15)6-11(14)16/h3-5H,1-2,6H2. The lowest BCUT2D eigenvalue weighted by Crippen LogP contribution is -2.39. The zero-order valence-electron chi connectivity index (χ0n) is 8.37. The smallest absolute Gasteiger partial charge is 0.234 e. The van der Waals surface area contributed by atoms with E-state index < -0.39 is 17.5 Å². The van der Waals surface area contributed by atoms with E-state index in [2.05, 4.69) is 0 Å². The molecule has 0 spiro atoms. The van der Waals surface area contributed by atoms with Gasteiger partial charge in [0.05, 0.1) is 6.42 Å². The molecule has 0 radical (unpaired) electrons. The fourth-order valence-electron chi connectivity index (χ4n) is 1.68. The van der Waals surface area contributed by atoms with Crippen molar-refractivity contribution in [3.05, 3.63) is 29.8 Å². The van der Waals surface area contributed by atoms with Gasteiger partial charge in [-0.2, -0.15) is 0 Å². The maximum atomic E-state index is 12.9. The molecule has 0 aromatic heterocycles. The number of halogens is 2. The maximum absolute atomic E-state index is 12.9. The monoisotopic (exact) mass is 225 g/mol. The summed E-state index contributed by atoms with van der Waals surface area (Å²) in [6.45, 7) is 0.181. The number of carbonyl (C=O) groups is 2. The zero-order chi connectivity index (χ0) is 11.7. The minimum atomic E-state index is -0.736. The summed E-state index contributed by atoms with van der Waals surface area (Å²) in [5.74, 6) is -2.03. The normalized spacial score (nSPS) is 16.8. The van der Waals surface area contributed by atoms with Crippen LogP contribution in [-0.4, -0.2) is 18.2 Å². The van der Waals surface area contributed by atoms with Gasteiger partial charge < -0.3 is 4.90 Å². The molecule has 1 aromatic carbocycles. The van der Waals surface area contributed by atoms with E-state index >= 15 is 0 Å². The molecule has 0 atom stereocenters. The maximum Gasteiger partial charge on any atom is 0.234 e. The average molecular weight is 225 g/mol. The van der Waals surface area contributed by atoms with Crippen molar-refractivity contribution >= 4 is 17.4 Å². The summed E-state index contributed by atoms with van der Waals surface area (Å²) in [6.07, 6.45) is 0.0298. The molecule has 0 N–H and O–H groups in total. The van der Waals surface area contributed by atoms with Crippen molar-refractivity contribution in [2.45, 2.75) is 12.8 Å². The Hall–Kier alpha value is -1.78. The van der Waals surface area contributed by atoms with Crippen LogP contribution in [0.3, 0.4) is 0 Å². The molecule has 5 heteroatoms. The molecule has 1 heterocycles. The Morgan fingerprint density at radius 1 is 1.06 bits per heavy atom. The van der Waals surface area contributed by atoms with Gasteiger partial charge in [-0.05, 0) is 12.1 Å². The third kappa shape index (κ3) is 2.08. The first-order chi connectivity index (χ1) is 7.56. The van der Waals surface area contributed by atoms with E-state index in [1.165, 1.54) is 4.90 Å². The first kappa shape index (κ1) is 10.7. The topological polar surface area (TPSA) is 37.4 Å².